The average molecular weight is 326 g/mol. The van der Waals surface area contributed by atoms with Gasteiger partial charge >= 0.3 is 0 Å². The largest absolute Gasteiger partial charge is 0.497 e. The van der Waals surface area contributed by atoms with Crippen LogP contribution >= 0.6 is 0 Å². The Hall–Kier alpha value is -3.20. The molecular weight excluding hydrogens is 308 g/mol. The van der Waals surface area contributed by atoms with Crippen molar-refractivity contribution in [1.29, 1.82) is 5.26 Å². The monoisotopic (exact) mass is 326 g/mol. The molecule has 0 aliphatic carbocycles. The molecule has 1 aromatic heterocycles. The number of hydrogen-bond donors (Lipinski definition) is 1. The number of benzene rings is 1. The number of carbonyl (C=O) groups excluding carboxylic acids is 1. The van der Waals surface area contributed by atoms with E-state index in [4.69, 9.17) is 13.9 Å². The lowest BCUT2D eigenvalue weighted by molar-refractivity contribution is -0.117. The molecule has 0 aliphatic heterocycles. The van der Waals surface area contributed by atoms with Crippen molar-refractivity contribution in [3.8, 4) is 17.6 Å². The van der Waals surface area contributed by atoms with Gasteiger partial charge in [0.15, 0.2) is 0 Å². The highest BCUT2D eigenvalue weighted by Gasteiger charge is 2.13. The highest BCUT2D eigenvalue weighted by atomic mass is 16.5. The number of ether oxygens (including phenoxy) is 2. The maximum atomic E-state index is 12.2. The highest BCUT2D eigenvalue weighted by molar-refractivity contribution is 6.02. The lowest BCUT2D eigenvalue weighted by Crippen LogP contribution is -2.23. The van der Waals surface area contributed by atoms with Gasteiger partial charge in [-0.2, -0.15) is 5.26 Å². The maximum absolute atomic E-state index is 12.2. The summed E-state index contributed by atoms with van der Waals surface area (Å²) in [4.78, 5) is 12.2. The first-order valence-corrected chi connectivity index (χ1v) is 7.24. The van der Waals surface area contributed by atoms with Crippen LogP contribution in [0.1, 0.15) is 16.9 Å². The van der Waals surface area contributed by atoms with Crippen molar-refractivity contribution in [1.82, 2.24) is 5.32 Å². The van der Waals surface area contributed by atoms with E-state index >= 15 is 0 Å². The summed E-state index contributed by atoms with van der Waals surface area (Å²) in [7, 11) is 3.08. The molecule has 1 N–H and O–H groups in total. The molecule has 124 valence electrons. The highest BCUT2D eigenvalue weighted by Crippen LogP contribution is 2.30. The molecule has 0 bridgehead atoms. The first kappa shape index (κ1) is 17.2. The van der Waals surface area contributed by atoms with E-state index in [0.717, 1.165) is 5.56 Å². The fourth-order valence-corrected chi connectivity index (χ4v) is 2.17. The number of hydrogen-bond acceptors (Lipinski definition) is 5. The summed E-state index contributed by atoms with van der Waals surface area (Å²) < 4.78 is 15.7. The molecule has 24 heavy (non-hydrogen) atoms. The van der Waals surface area contributed by atoms with Crippen molar-refractivity contribution in [3.63, 3.8) is 0 Å². The second kappa shape index (κ2) is 7.88. The molecule has 6 heteroatoms. The lowest BCUT2D eigenvalue weighted by Gasteiger charge is -2.11. The summed E-state index contributed by atoms with van der Waals surface area (Å²) in [5.41, 5.74) is 1.47. The smallest absolute Gasteiger partial charge is 0.262 e. The molecule has 1 heterocycles. The van der Waals surface area contributed by atoms with Crippen molar-refractivity contribution in [2.24, 2.45) is 0 Å². The van der Waals surface area contributed by atoms with Crippen LogP contribution < -0.4 is 14.8 Å². The molecular formula is C18H18N2O4. The molecule has 0 atom stereocenters. The minimum atomic E-state index is -0.480. The number of aryl methyl sites for hydroxylation is 1. The van der Waals surface area contributed by atoms with Crippen molar-refractivity contribution < 1.29 is 18.7 Å². The Kier molecular flexibility index (Phi) is 5.63. The number of nitriles is 1. The van der Waals surface area contributed by atoms with Gasteiger partial charge in [0.25, 0.3) is 5.91 Å². The van der Waals surface area contributed by atoms with Crippen LogP contribution in [0.3, 0.4) is 0 Å². The number of rotatable bonds is 6. The first-order chi connectivity index (χ1) is 11.6. The van der Waals surface area contributed by atoms with Crippen LogP contribution in [0.4, 0.5) is 0 Å². The molecule has 1 amide bonds. The summed E-state index contributed by atoms with van der Waals surface area (Å²) in [6, 6.07) is 8.90. The molecule has 0 radical (unpaired) electrons. The second-order valence-electron chi connectivity index (χ2n) is 4.99. The van der Waals surface area contributed by atoms with Gasteiger partial charge in [-0.15, -0.1) is 0 Å². The average Bonchev–Trinajstić information content (AvgIpc) is 3.11. The minimum Gasteiger partial charge on any atom is -0.497 e. The fraction of sp³-hybridized carbons (Fsp3) is 0.222. The molecule has 2 aromatic rings. The number of methoxy groups -OCH3 is 2. The van der Waals surface area contributed by atoms with Crippen molar-refractivity contribution in [3.05, 3.63) is 53.0 Å². The standard InChI is InChI=1S/C18H18N2O4/c1-12-7-15(22-2)9-17(23-3)16(12)8-13(10-19)18(21)20-11-14-5-4-6-24-14/h4-9H,11H2,1-3H3,(H,20,21). The van der Waals surface area contributed by atoms with E-state index in [1.165, 1.54) is 19.4 Å². The Labute approximate surface area is 140 Å². The Bertz CT molecular complexity index is 786. The molecule has 0 spiro atoms. The molecule has 2 rings (SSSR count). The van der Waals surface area contributed by atoms with E-state index < -0.39 is 5.91 Å². The van der Waals surface area contributed by atoms with Crippen LogP contribution in [-0.2, 0) is 11.3 Å². The van der Waals surface area contributed by atoms with E-state index in [1.807, 2.05) is 19.1 Å². The van der Waals surface area contributed by atoms with Crippen LogP contribution in [0.25, 0.3) is 6.08 Å². The van der Waals surface area contributed by atoms with Crippen LogP contribution in [0, 0.1) is 18.3 Å². The van der Waals surface area contributed by atoms with Gasteiger partial charge in [-0.1, -0.05) is 0 Å². The van der Waals surface area contributed by atoms with Crippen LogP contribution in [-0.4, -0.2) is 20.1 Å². The third-order valence-electron chi connectivity index (χ3n) is 3.44. The zero-order valence-electron chi connectivity index (χ0n) is 13.8. The quantitative estimate of drug-likeness (QED) is 0.652. The summed E-state index contributed by atoms with van der Waals surface area (Å²) in [6.07, 6.45) is 3.03. The number of nitrogens with one attached hydrogen (secondary N) is 1. The predicted molar refractivity (Wildman–Crippen MR) is 88.4 cm³/mol. The molecule has 0 fully saturated rings. The first-order valence-electron chi connectivity index (χ1n) is 7.24. The third kappa shape index (κ3) is 3.96. The normalized spacial score (nSPS) is 10.8. The van der Waals surface area contributed by atoms with Gasteiger partial charge in [0.05, 0.1) is 27.0 Å². The summed E-state index contributed by atoms with van der Waals surface area (Å²) in [5.74, 6) is 1.30. The molecule has 1 aromatic carbocycles. The van der Waals surface area contributed by atoms with Crippen molar-refractivity contribution in [2.45, 2.75) is 13.5 Å². The maximum Gasteiger partial charge on any atom is 0.262 e. The van der Waals surface area contributed by atoms with Gasteiger partial charge in [0, 0.05) is 11.6 Å². The van der Waals surface area contributed by atoms with Crippen molar-refractivity contribution in [2.75, 3.05) is 14.2 Å². The summed E-state index contributed by atoms with van der Waals surface area (Å²) in [5, 5.41) is 11.9. The van der Waals surface area contributed by atoms with E-state index in [9.17, 15) is 10.1 Å². The lowest BCUT2D eigenvalue weighted by atomic mass is 10.0. The van der Waals surface area contributed by atoms with Gasteiger partial charge in [0.1, 0.15) is 28.9 Å². The topological polar surface area (TPSA) is 84.5 Å². The van der Waals surface area contributed by atoms with E-state index in [-0.39, 0.29) is 12.1 Å². The number of furan rings is 1. The minimum absolute atomic E-state index is 0.0203. The zero-order chi connectivity index (χ0) is 17.5. The van der Waals surface area contributed by atoms with Gasteiger partial charge < -0.3 is 19.2 Å². The molecule has 0 aliphatic rings. The third-order valence-corrected chi connectivity index (χ3v) is 3.44. The van der Waals surface area contributed by atoms with E-state index in [0.29, 0.717) is 22.8 Å². The van der Waals surface area contributed by atoms with Crippen LogP contribution in [0.2, 0.25) is 0 Å². The van der Waals surface area contributed by atoms with E-state index in [2.05, 4.69) is 5.32 Å². The number of amides is 1. The van der Waals surface area contributed by atoms with Gasteiger partial charge in [-0.25, -0.2) is 0 Å². The SMILES string of the molecule is COc1cc(C)c(C=C(C#N)C(=O)NCc2ccco2)c(OC)c1. The number of nitrogens with zero attached hydrogens (tertiary/aromatic N) is 1. The van der Waals surface area contributed by atoms with Crippen molar-refractivity contribution >= 4 is 12.0 Å². The molecule has 0 saturated carbocycles. The Morgan fingerprint density at radius 1 is 1.38 bits per heavy atom. The van der Waals surface area contributed by atoms with Gasteiger partial charge in [-0.05, 0) is 36.8 Å². The van der Waals surface area contributed by atoms with Gasteiger partial charge in [-0.3, -0.25) is 4.79 Å². The van der Waals surface area contributed by atoms with E-state index in [1.54, 1.807) is 25.3 Å². The predicted octanol–water partition coefficient (Wildman–Crippen LogP) is 2.83. The summed E-state index contributed by atoms with van der Waals surface area (Å²) in [6.45, 7) is 2.07. The van der Waals surface area contributed by atoms with Gasteiger partial charge in [0.2, 0.25) is 0 Å². The molecule has 0 saturated heterocycles. The second-order valence-corrected chi connectivity index (χ2v) is 4.99. The van der Waals surface area contributed by atoms with Crippen LogP contribution in [0.5, 0.6) is 11.5 Å². The molecule has 6 nitrogen and oxygen atoms in total. The summed E-state index contributed by atoms with van der Waals surface area (Å²) >= 11 is 0. The Morgan fingerprint density at radius 2 is 2.17 bits per heavy atom. The van der Waals surface area contributed by atoms with Crippen LogP contribution in [0.15, 0.2) is 40.5 Å². The zero-order valence-corrected chi connectivity index (χ0v) is 13.8. The Morgan fingerprint density at radius 3 is 2.75 bits per heavy atom. The molecule has 0 unspecified atom stereocenters. The number of carbonyl (C=O) groups is 1. The fourth-order valence-electron chi connectivity index (χ4n) is 2.17. The Balaban J connectivity index is 2.26.